The van der Waals surface area contributed by atoms with Crippen molar-refractivity contribution in [2.24, 2.45) is 0 Å². The number of nitrogens with zero attached hydrogens (tertiary/aromatic N) is 1. The number of thiocarbonyl (C=S) groups is 1. The minimum Gasteiger partial charge on any atom is -0.497 e. The zero-order valence-electron chi connectivity index (χ0n) is 16.6. The summed E-state index contributed by atoms with van der Waals surface area (Å²) in [6.07, 6.45) is 3.33. The van der Waals surface area contributed by atoms with Crippen LogP contribution in [0.1, 0.15) is 5.56 Å². The number of benzene rings is 2. The quantitative estimate of drug-likeness (QED) is 0.188. The van der Waals surface area contributed by atoms with Crippen LogP contribution in [0.25, 0.3) is 6.08 Å². The molecule has 0 saturated carbocycles. The van der Waals surface area contributed by atoms with Gasteiger partial charge in [0.05, 0.1) is 22.1 Å². The summed E-state index contributed by atoms with van der Waals surface area (Å²) in [5.74, 6) is 1.57. The van der Waals surface area contributed by atoms with Gasteiger partial charge in [0, 0.05) is 12.6 Å². The van der Waals surface area contributed by atoms with E-state index in [1.807, 2.05) is 18.2 Å². The van der Waals surface area contributed by atoms with Crippen molar-refractivity contribution < 1.29 is 19.0 Å². The van der Waals surface area contributed by atoms with E-state index in [1.165, 1.54) is 16.7 Å². The molecular weight excluding hydrogens is 477 g/mol. The molecule has 0 N–H and O–H groups in total. The Morgan fingerprint density at radius 3 is 2.48 bits per heavy atom. The zero-order chi connectivity index (χ0) is 22.4. The average molecular weight is 496 g/mol. The van der Waals surface area contributed by atoms with Gasteiger partial charge in [-0.25, -0.2) is 0 Å². The predicted molar refractivity (Wildman–Crippen MR) is 131 cm³/mol. The molecule has 2 aromatic carbocycles. The molecule has 0 bridgehead atoms. The predicted octanol–water partition coefficient (Wildman–Crippen LogP) is 5.85. The Morgan fingerprint density at radius 1 is 1.13 bits per heavy atom. The lowest BCUT2D eigenvalue weighted by Crippen LogP contribution is -2.27. The van der Waals surface area contributed by atoms with E-state index in [2.05, 4.69) is 6.58 Å². The molecule has 1 aliphatic heterocycles. The van der Waals surface area contributed by atoms with Crippen LogP contribution in [-0.4, -0.2) is 42.0 Å². The van der Waals surface area contributed by atoms with Crippen LogP contribution in [0.2, 0.25) is 10.0 Å². The Kier molecular flexibility index (Phi) is 8.26. The van der Waals surface area contributed by atoms with Gasteiger partial charge in [-0.05, 0) is 35.9 Å². The number of thioether (sulfide) groups is 1. The summed E-state index contributed by atoms with van der Waals surface area (Å²) in [7, 11) is 1.60. The molecule has 0 aliphatic carbocycles. The molecule has 31 heavy (non-hydrogen) atoms. The van der Waals surface area contributed by atoms with Gasteiger partial charge in [0.15, 0.2) is 5.75 Å². The van der Waals surface area contributed by atoms with Crippen LogP contribution in [0, 0.1) is 0 Å². The lowest BCUT2D eigenvalue weighted by atomic mass is 10.2. The molecular formula is C22H19Cl2NO4S2. The molecule has 0 atom stereocenters. The molecule has 1 fully saturated rings. The Balaban J connectivity index is 1.63. The maximum absolute atomic E-state index is 12.5. The molecule has 2 aromatic rings. The third-order valence-corrected chi connectivity index (χ3v) is 6.08. The first kappa shape index (κ1) is 23.5. The molecule has 0 radical (unpaired) electrons. The van der Waals surface area contributed by atoms with Gasteiger partial charge in [0.2, 0.25) is 0 Å². The third-order valence-electron chi connectivity index (χ3n) is 4.14. The van der Waals surface area contributed by atoms with Crippen LogP contribution in [0.4, 0.5) is 0 Å². The van der Waals surface area contributed by atoms with Crippen LogP contribution >= 0.6 is 47.2 Å². The number of methoxy groups -OCH3 is 1. The minimum atomic E-state index is -0.169. The fourth-order valence-electron chi connectivity index (χ4n) is 2.73. The molecule has 3 rings (SSSR count). The fraction of sp³-hybridized carbons (Fsp3) is 0.182. The standard InChI is InChI=1S/C22H19Cl2NO4S2/c1-3-7-25-21(26)19(31-22(25)30)12-14-10-17(23)20(18(24)11-14)29-9-8-28-16-6-4-5-15(13-16)27-2/h3-6,10-13H,1,7-9H2,2H3/b19-12+. The number of hydrogen-bond donors (Lipinski definition) is 0. The number of carbonyl (C=O) groups is 1. The molecule has 9 heteroatoms. The summed E-state index contributed by atoms with van der Waals surface area (Å²) in [5.41, 5.74) is 0.675. The molecule has 1 amide bonds. The molecule has 1 aliphatic rings. The number of halogens is 2. The summed E-state index contributed by atoms with van der Waals surface area (Å²) in [5, 5.41) is 0.670. The SMILES string of the molecule is C=CCN1C(=O)/C(=C\c2cc(Cl)c(OCCOc3cccc(OC)c3)c(Cl)c2)SC1=S. The van der Waals surface area contributed by atoms with Crippen molar-refractivity contribution >= 4 is 63.5 Å². The first-order valence-electron chi connectivity index (χ1n) is 9.18. The second-order valence-electron chi connectivity index (χ2n) is 6.27. The second kappa shape index (κ2) is 10.9. The largest absolute Gasteiger partial charge is 0.497 e. The highest BCUT2D eigenvalue weighted by Gasteiger charge is 2.31. The van der Waals surface area contributed by atoms with Crippen molar-refractivity contribution in [1.29, 1.82) is 0 Å². The fourth-order valence-corrected chi connectivity index (χ4v) is 4.62. The topological polar surface area (TPSA) is 48.0 Å². The number of amides is 1. The van der Waals surface area contributed by atoms with Crippen molar-refractivity contribution in [3.05, 3.63) is 69.6 Å². The maximum Gasteiger partial charge on any atom is 0.266 e. The van der Waals surface area contributed by atoms with Gasteiger partial charge in [0.25, 0.3) is 5.91 Å². The Morgan fingerprint density at radius 2 is 1.81 bits per heavy atom. The molecule has 0 aromatic heterocycles. The van der Waals surface area contributed by atoms with Gasteiger partial charge in [-0.15, -0.1) is 6.58 Å². The number of ether oxygens (including phenoxy) is 3. The van der Waals surface area contributed by atoms with Crippen molar-refractivity contribution in [3.63, 3.8) is 0 Å². The highest BCUT2D eigenvalue weighted by atomic mass is 35.5. The third kappa shape index (κ3) is 5.95. The minimum absolute atomic E-state index is 0.169. The van der Waals surface area contributed by atoms with Crippen molar-refractivity contribution in [1.82, 2.24) is 4.90 Å². The first-order valence-corrected chi connectivity index (χ1v) is 11.2. The first-order chi connectivity index (χ1) is 14.9. The number of rotatable bonds is 9. The molecule has 1 saturated heterocycles. The van der Waals surface area contributed by atoms with Gasteiger partial charge in [-0.2, -0.15) is 0 Å². The molecule has 1 heterocycles. The van der Waals surface area contributed by atoms with E-state index in [0.29, 0.717) is 55.2 Å². The van der Waals surface area contributed by atoms with Crippen molar-refractivity contribution in [2.45, 2.75) is 0 Å². The smallest absolute Gasteiger partial charge is 0.266 e. The van der Waals surface area contributed by atoms with E-state index in [1.54, 1.807) is 37.5 Å². The summed E-state index contributed by atoms with van der Waals surface area (Å²) >= 11 is 19.2. The average Bonchev–Trinajstić information content (AvgIpc) is 3.00. The summed E-state index contributed by atoms with van der Waals surface area (Å²) in [6.45, 7) is 4.56. The Hall–Kier alpha value is -2.19. The normalized spacial score (nSPS) is 14.8. The number of carbonyl (C=O) groups excluding carboxylic acids is 1. The van der Waals surface area contributed by atoms with E-state index < -0.39 is 0 Å². The van der Waals surface area contributed by atoms with Crippen LogP contribution in [0.3, 0.4) is 0 Å². The molecule has 0 unspecified atom stereocenters. The van der Waals surface area contributed by atoms with Crippen LogP contribution < -0.4 is 14.2 Å². The van der Waals surface area contributed by atoms with Crippen LogP contribution in [-0.2, 0) is 4.79 Å². The van der Waals surface area contributed by atoms with Crippen molar-refractivity contribution in [3.8, 4) is 17.2 Å². The van der Waals surface area contributed by atoms with E-state index in [0.717, 1.165) is 0 Å². The van der Waals surface area contributed by atoms with Gasteiger partial charge < -0.3 is 14.2 Å². The summed E-state index contributed by atoms with van der Waals surface area (Å²) in [4.78, 5) is 14.5. The van der Waals surface area contributed by atoms with Gasteiger partial charge in [0.1, 0.15) is 29.0 Å². The molecule has 0 spiro atoms. The van der Waals surface area contributed by atoms with Crippen LogP contribution in [0.15, 0.2) is 54.0 Å². The molecule has 5 nitrogen and oxygen atoms in total. The summed E-state index contributed by atoms with van der Waals surface area (Å²) in [6, 6.07) is 10.7. The lowest BCUT2D eigenvalue weighted by molar-refractivity contribution is -0.121. The Bertz CT molecular complexity index is 1020. The van der Waals surface area contributed by atoms with E-state index in [-0.39, 0.29) is 12.5 Å². The van der Waals surface area contributed by atoms with Crippen LogP contribution in [0.5, 0.6) is 17.2 Å². The van der Waals surface area contributed by atoms with E-state index >= 15 is 0 Å². The van der Waals surface area contributed by atoms with Gasteiger partial charge in [-0.1, -0.05) is 59.3 Å². The second-order valence-corrected chi connectivity index (χ2v) is 8.76. The van der Waals surface area contributed by atoms with Crippen molar-refractivity contribution in [2.75, 3.05) is 26.9 Å². The van der Waals surface area contributed by atoms with E-state index in [4.69, 9.17) is 49.6 Å². The Labute approximate surface area is 200 Å². The summed E-state index contributed by atoms with van der Waals surface area (Å²) < 4.78 is 17.0. The highest BCUT2D eigenvalue weighted by Crippen LogP contribution is 2.37. The maximum atomic E-state index is 12.5. The van der Waals surface area contributed by atoms with Gasteiger partial charge >= 0.3 is 0 Å². The molecule has 162 valence electrons. The monoisotopic (exact) mass is 495 g/mol. The van der Waals surface area contributed by atoms with E-state index in [9.17, 15) is 4.79 Å². The van der Waals surface area contributed by atoms with Gasteiger partial charge in [-0.3, -0.25) is 9.69 Å². The number of hydrogen-bond acceptors (Lipinski definition) is 6. The zero-order valence-corrected chi connectivity index (χ0v) is 19.7. The lowest BCUT2D eigenvalue weighted by Gasteiger charge is -2.12. The highest BCUT2D eigenvalue weighted by molar-refractivity contribution is 8.26.